The number of hydrogen-bond acceptors (Lipinski definition) is 6. The van der Waals surface area contributed by atoms with Crippen molar-refractivity contribution in [3.8, 4) is 5.75 Å². The van der Waals surface area contributed by atoms with Gasteiger partial charge >= 0.3 is 0 Å². The average Bonchev–Trinajstić information content (AvgIpc) is 3.21. The number of pyridine rings is 1. The molecule has 174 valence electrons. The quantitative estimate of drug-likeness (QED) is 0.394. The van der Waals surface area contributed by atoms with Gasteiger partial charge in [0.05, 0.1) is 11.1 Å². The molecule has 0 radical (unpaired) electrons. The van der Waals surface area contributed by atoms with Crippen LogP contribution >= 0.6 is 0 Å². The fourth-order valence-electron chi connectivity index (χ4n) is 5.21. The second-order valence-electron chi connectivity index (χ2n) is 9.37. The Morgan fingerprint density at radius 3 is 2.69 bits per heavy atom. The molecule has 1 aromatic heterocycles. The number of nitrogens with zero attached hydrogens (tertiary/aromatic N) is 1. The number of fused-ring (bicyclic) bond motifs is 6. The molecule has 0 spiro atoms. The number of amides is 1. The van der Waals surface area contributed by atoms with E-state index in [2.05, 4.69) is 10.3 Å². The van der Waals surface area contributed by atoms with Crippen LogP contribution in [0, 0.1) is 0 Å². The maximum Gasteiger partial charge on any atom is 0.271 e. The molecule has 6 rings (SSSR count). The van der Waals surface area contributed by atoms with Gasteiger partial charge in [0.2, 0.25) is 11.3 Å². The number of nitrogens with one attached hydrogen (secondary N) is 1. The Morgan fingerprint density at radius 2 is 1.89 bits per heavy atom. The number of nitrogen functional groups attached to an aromatic ring is 1. The van der Waals surface area contributed by atoms with Crippen LogP contribution in [-0.2, 0) is 11.3 Å². The molecule has 3 aromatic carbocycles. The number of ether oxygens (including phenoxy) is 1. The standard InChI is InChI=1S/C28H23N3O4/c1-15(2)16-8-10-19-23(14-16)35-28(34)20-6-3-7-21(29)24(20)25(32)27(19,28)31-26(33)18-9-11-22-17(13-18)5-4-12-30-22/h3-15,34H,29H2,1-2H3,(H,31,33). The van der Waals surface area contributed by atoms with Gasteiger partial charge in [-0.05, 0) is 47.9 Å². The molecule has 2 heterocycles. The zero-order valence-corrected chi connectivity index (χ0v) is 19.2. The molecule has 7 heteroatoms. The molecule has 0 saturated carbocycles. The lowest BCUT2D eigenvalue weighted by atomic mass is 9.82. The number of nitrogens with two attached hydrogens (primary N) is 1. The Morgan fingerprint density at radius 1 is 1.06 bits per heavy atom. The van der Waals surface area contributed by atoms with Crippen LogP contribution in [0.1, 0.15) is 57.2 Å². The topological polar surface area (TPSA) is 115 Å². The number of benzene rings is 3. The van der Waals surface area contributed by atoms with Gasteiger partial charge in [0, 0.05) is 34.0 Å². The van der Waals surface area contributed by atoms with E-state index in [1.54, 1.807) is 54.7 Å². The van der Waals surface area contributed by atoms with Crippen molar-refractivity contribution in [1.29, 1.82) is 0 Å². The minimum Gasteiger partial charge on any atom is -0.454 e. The lowest BCUT2D eigenvalue weighted by Gasteiger charge is -2.34. The second-order valence-corrected chi connectivity index (χ2v) is 9.37. The van der Waals surface area contributed by atoms with Gasteiger partial charge in [-0.25, -0.2) is 0 Å². The summed E-state index contributed by atoms with van der Waals surface area (Å²) in [6, 6.07) is 19.0. The Labute approximate surface area is 201 Å². The maximum atomic E-state index is 14.0. The van der Waals surface area contributed by atoms with Crippen molar-refractivity contribution in [1.82, 2.24) is 10.3 Å². The molecule has 4 aromatic rings. The predicted molar refractivity (Wildman–Crippen MR) is 131 cm³/mol. The van der Waals surface area contributed by atoms with Crippen molar-refractivity contribution >= 4 is 28.3 Å². The van der Waals surface area contributed by atoms with E-state index in [0.29, 0.717) is 16.9 Å². The molecule has 4 N–H and O–H groups in total. The summed E-state index contributed by atoms with van der Waals surface area (Å²) in [5.41, 5.74) is 7.30. The fraction of sp³-hybridized carbons (Fsp3) is 0.179. The lowest BCUT2D eigenvalue weighted by molar-refractivity contribution is -0.169. The van der Waals surface area contributed by atoms with Crippen molar-refractivity contribution in [2.45, 2.75) is 31.1 Å². The van der Waals surface area contributed by atoms with E-state index in [9.17, 15) is 14.7 Å². The van der Waals surface area contributed by atoms with Crippen molar-refractivity contribution in [2.75, 3.05) is 5.73 Å². The van der Waals surface area contributed by atoms with Crippen LogP contribution in [0.15, 0.2) is 72.9 Å². The molecular weight excluding hydrogens is 442 g/mol. The summed E-state index contributed by atoms with van der Waals surface area (Å²) in [7, 11) is 0. The van der Waals surface area contributed by atoms with Gasteiger partial charge in [-0.3, -0.25) is 14.6 Å². The number of carbonyl (C=O) groups is 2. The monoisotopic (exact) mass is 465 g/mol. The van der Waals surface area contributed by atoms with Gasteiger partial charge in [-0.15, -0.1) is 0 Å². The molecule has 2 unspecified atom stereocenters. The lowest BCUT2D eigenvalue weighted by Crippen LogP contribution is -2.60. The summed E-state index contributed by atoms with van der Waals surface area (Å²) in [4.78, 5) is 31.9. The summed E-state index contributed by atoms with van der Waals surface area (Å²) in [5.74, 6) is -2.64. The van der Waals surface area contributed by atoms with Gasteiger partial charge in [-0.2, -0.15) is 0 Å². The molecule has 2 atom stereocenters. The van der Waals surface area contributed by atoms with Crippen LogP contribution in [0.25, 0.3) is 10.9 Å². The number of carbonyl (C=O) groups excluding carboxylic acids is 2. The van der Waals surface area contributed by atoms with Crippen molar-refractivity contribution in [2.24, 2.45) is 0 Å². The van der Waals surface area contributed by atoms with Gasteiger partial charge in [-0.1, -0.05) is 44.2 Å². The number of rotatable bonds is 3. The third-order valence-electron chi connectivity index (χ3n) is 7.04. The van der Waals surface area contributed by atoms with E-state index in [1.165, 1.54) is 0 Å². The molecule has 1 amide bonds. The van der Waals surface area contributed by atoms with E-state index in [4.69, 9.17) is 10.5 Å². The van der Waals surface area contributed by atoms with Crippen LogP contribution in [0.5, 0.6) is 5.75 Å². The molecule has 0 saturated heterocycles. The smallest absolute Gasteiger partial charge is 0.271 e. The van der Waals surface area contributed by atoms with E-state index >= 15 is 0 Å². The number of ketones is 1. The maximum absolute atomic E-state index is 14.0. The number of aromatic nitrogens is 1. The zero-order chi connectivity index (χ0) is 24.5. The minimum atomic E-state index is -2.15. The summed E-state index contributed by atoms with van der Waals surface area (Å²) in [6.07, 6.45) is 1.68. The molecule has 7 nitrogen and oxygen atoms in total. The molecule has 0 fully saturated rings. The number of anilines is 1. The normalized spacial score (nSPS) is 22.0. The average molecular weight is 466 g/mol. The van der Waals surface area contributed by atoms with Crippen LogP contribution in [0.2, 0.25) is 0 Å². The molecule has 1 aliphatic heterocycles. The van der Waals surface area contributed by atoms with Crippen molar-refractivity contribution in [3.05, 3.63) is 101 Å². The minimum absolute atomic E-state index is 0.150. The third-order valence-corrected chi connectivity index (χ3v) is 7.04. The van der Waals surface area contributed by atoms with Crippen LogP contribution in [-0.4, -0.2) is 21.8 Å². The van der Waals surface area contributed by atoms with Gasteiger partial charge < -0.3 is 20.9 Å². The van der Waals surface area contributed by atoms with Crippen LogP contribution in [0.3, 0.4) is 0 Å². The highest BCUT2D eigenvalue weighted by Crippen LogP contribution is 2.59. The Kier molecular flexibility index (Phi) is 4.34. The highest BCUT2D eigenvalue weighted by atomic mass is 16.6. The number of Topliss-reactive ketones (excluding diaryl/α,β-unsaturated/α-hetero) is 1. The first-order chi connectivity index (χ1) is 16.8. The Bertz CT molecular complexity index is 1560. The van der Waals surface area contributed by atoms with Crippen LogP contribution in [0.4, 0.5) is 5.69 Å². The molecule has 2 aliphatic rings. The summed E-state index contributed by atoms with van der Waals surface area (Å²) in [6.45, 7) is 4.08. The number of hydrogen-bond donors (Lipinski definition) is 3. The first-order valence-electron chi connectivity index (χ1n) is 11.4. The van der Waals surface area contributed by atoms with E-state index in [1.807, 2.05) is 32.0 Å². The van der Waals surface area contributed by atoms with Gasteiger partial charge in [0.25, 0.3) is 11.7 Å². The first-order valence-corrected chi connectivity index (χ1v) is 11.4. The summed E-state index contributed by atoms with van der Waals surface area (Å²) < 4.78 is 6.13. The Hall–Kier alpha value is -4.23. The molecule has 0 bridgehead atoms. The molecule has 35 heavy (non-hydrogen) atoms. The predicted octanol–water partition coefficient (Wildman–Crippen LogP) is 4.00. The van der Waals surface area contributed by atoms with Gasteiger partial charge in [0.15, 0.2) is 0 Å². The van der Waals surface area contributed by atoms with E-state index < -0.39 is 23.0 Å². The number of aliphatic hydroxyl groups is 1. The SMILES string of the molecule is CC(C)c1ccc2c(c1)OC1(O)c3cccc(N)c3C(=O)C21NC(=O)c1ccc2ncccc2c1. The second kappa shape index (κ2) is 7.13. The van der Waals surface area contributed by atoms with Gasteiger partial charge in [0.1, 0.15) is 5.75 Å². The zero-order valence-electron chi connectivity index (χ0n) is 19.2. The first kappa shape index (κ1) is 21.3. The summed E-state index contributed by atoms with van der Waals surface area (Å²) in [5, 5.41) is 15.7. The molecular formula is C28H23N3O4. The highest BCUT2D eigenvalue weighted by Gasteiger charge is 2.72. The summed E-state index contributed by atoms with van der Waals surface area (Å²) >= 11 is 0. The van der Waals surface area contributed by atoms with Crippen LogP contribution < -0.4 is 15.8 Å². The fourth-order valence-corrected chi connectivity index (χ4v) is 5.21. The Balaban J connectivity index is 1.54. The third kappa shape index (κ3) is 2.73. The van der Waals surface area contributed by atoms with E-state index in [-0.39, 0.29) is 22.7 Å². The molecule has 1 aliphatic carbocycles. The largest absolute Gasteiger partial charge is 0.454 e. The van der Waals surface area contributed by atoms with Crippen molar-refractivity contribution in [3.63, 3.8) is 0 Å². The van der Waals surface area contributed by atoms with E-state index in [0.717, 1.165) is 16.5 Å². The highest BCUT2D eigenvalue weighted by molar-refractivity contribution is 6.16. The van der Waals surface area contributed by atoms with Crippen molar-refractivity contribution < 1.29 is 19.4 Å².